The van der Waals surface area contributed by atoms with Gasteiger partial charge in [0, 0.05) is 24.7 Å². The average molecular weight is 293 g/mol. The van der Waals surface area contributed by atoms with Crippen LogP contribution in [-0.2, 0) is 4.79 Å². The van der Waals surface area contributed by atoms with Crippen molar-refractivity contribution < 1.29 is 4.79 Å². The normalized spacial score (nSPS) is 19.7. The van der Waals surface area contributed by atoms with Crippen molar-refractivity contribution in [1.29, 1.82) is 0 Å². The van der Waals surface area contributed by atoms with Gasteiger partial charge in [-0.3, -0.25) is 19.8 Å². The SMILES string of the molecule is CC1(C)CC(=O)N(N2C=CC(C#Cc3ccccc3)=NC2)C1. The summed E-state index contributed by atoms with van der Waals surface area (Å²) in [4.78, 5) is 16.5. The Morgan fingerprint density at radius 1 is 1.18 bits per heavy atom. The van der Waals surface area contributed by atoms with E-state index in [0.717, 1.165) is 17.8 Å². The summed E-state index contributed by atoms with van der Waals surface area (Å²) >= 11 is 0. The lowest BCUT2D eigenvalue weighted by Gasteiger charge is -2.31. The van der Waals surface area contributed by atoms with Gasteiger partial charge in [-0.15, -0.1) is 0 Å². The molecule has 3 rings (SSSR count). The quantitative estimate of drug-likeness (QED) is 0.746. The molecule has 0 atom stereocenters. The van der Waals surface area contributed by atoms with Gasteiger partial charge in [0.25, 0.3) is 0 Å². The highest BCUT2D eigenvalue weighted by atomic mass is 16.2. The predicted molar refractivity (Wildman–Crippen MR) is 86.7 cm³/mol. The van der Waals surface area contributed by atoms with E-state index in [1.54, 1.807) is 5.01 Å². The molecule has 2 aliphatic heterocycles. The van der Waals surface area contributed by atoms with Gasteiger partial charge in [-0.25, -0.2) is 0 Å². The first-order valence-corrected chi connectivity index (χ1v) is 7.40. The second kappa shape index (κ2) is 5.69. The first kappa shape index (κ1) is 14.4. The van der Waals surface area contributed by atoms with Crippen molar-refractivity contribution in [2.75, 3.05) is 13.2 Å². The van der Waals surface area contributed by atoms with Crippen LogP contribution in [0.1, 0.15) is 25.8 Å². The molecule has 0 aromatic heterocycles. The third-order valence-electron chi connectivity index (χ3n) is 3.70. The van der Waals surface area contributed by atoms with Crippen molar-refractivity contribution in [3.8, 4) is 11.8 Å². The maximum Gasteiger partial charge on any atom is 0.241 e. The molecule has 0 unspecified atom stereocenters. The lowest BCUT2D eigenvalue weighted by molar-refractivity contribution is -0.139. The van der Waals surface area contributed by atoms with Crippen LogP contribution >= 0.6 is 0 Å². The standard InChI is InChI=1S/C18H19N3O/c1-18(2)12-17(22)21(13-18)20-11-10-16(19-14-20)9-8-15-6-4-3-5-7-15/h3-7,10-11H,12-14H2,1-2H3. The summed E-state index contributed by atoms with van der Waals surface area (Å²) in [5.41, 5.74) is 1.74. The van der Waals surface area contributed by atoms with E-state index in [9.17, 15) is 4.79 Å². The number of hydrazine groups is 1. The average Bonchev–Trinajstić information content (AvgIpc) is 2.80. The van der Waals surface area contributed by atoms with E-state index in [4.69, 9.17) is 0 Å². The molecule has 0 radical (unpaired) electrons. The van der Waals surface area contributed by atoms with Gasteiger partial charge in [-0.1, -0.05) is 38.0 Å². The number of rotatable bonds is 1. The maximum absolute atomic E-state index is 12.1. The van der Waals surface area contributed by atoms with Crippen molar-refractivity contribution in [1.82, 2.24) is 10.0 Å². The molecule has 0 N–H and O–H groups in total. The Bertz CT molecular complexity index is 692. The van der Waals surface area contributed by atoms with Gasteiger partial charge in [-0.2, -0.15) is 0 Å². The van der Waals surface area contributed by atoms with E-state index < -0.39 is 0 Å². The molecule has 1 aromatic rings. The molecule has 1 fully saturated rings. The fourth-order valence-corrected chi connectivity index (χ4v) is 2.59. The minimum Gasteiger partial charge on any atom is -0.273 e. The Morgan fingerprint density at radius 3 is 2.55 bits per heavy atom. The number of aliphatic imine (C=N–C) groups is 1. The van der Waals surface area contributed by atoms with Gasteiger partial charge in [0.2, 0.25) is 5.91 Å². The molecule has 0 saturated carbocycles. The zero-order valence-electron chi connectivity index (χ0n) is 12.9. The summed E-state index contributed by atoms with van der Waals surface area (Å²) in [6.45, 7) is 5.39. The monoisotopic (exact) mass is 293 g/mol. The molecule has 112 valence electrons. The number of carbonyl (C=O) groups is 1. The lowest BCUT2D eigenvalue weighted by Crippen LogP contribution is -2.42. The highest BCUT2D eigenvalue weighted by Gasteiger charge is 2.38. The lowest BCUT2D eigenvalue weighted by atomic mass is 9.93. The van der Waals surface area contributed by atoms with Crippen LogP contribution in [0.3, 0.4) is 0 Å². The summed E-state index contributed by atoms with van der Waals surface area (Å²) in [6.07, 6.45) is 4.33. The largest absolute Gasteiger partial charge is 0.273 e. The number of hydrogen-bond donors (Lipinski definition) is 0. The van der Waals surface area contributed by atoms with E-state index in [1.807, 2.05) is 47.6 Å². The number of carbonyl (C=O) groups excluding carboxylic acids is 1. The Balaban J connectivity index is 1.65. The molecule has 1 aromatic carbocycles. The highest BCUT2D eigenvalue weighted by Crippen LogP contribution is 2.31. The number of hydrogen-bond acceptors (Lipinski definition) is 3. The van der Waals surface area contributed by atoms with Crippen molar-refractivity contribution in [2.24, 2.45) is 10.4 Å². The molecule has 0 bridgehead atoms. The number of benzene rings is 1. The van der Waals surface area contributed by atoms with Crippen molar-refractivity contribution in [3.05, 3.63) is 48.2 Å². The van der Waals surface area contributed by atoms with Crippen LogP contribution in [0.5, 0.6) is 0 Å². The number of allylic oxidation sites excluding steroid dienone is 1. The molecule has 2 aliphatic rings. The first-order valence-electron chi connectivity index (χ1n) is 7.40. The van der Waals surface area contributed by atoms with Crippen molar-refractivity contribution in [2.45, 2.75) is 20.3 Å². The van der Waals surface area contributed by atoms with Gasteiger partial charge >= 0.3 is 0 Å². The first-order chi connectivity index (χ1) is 10.5. The van der Waals surface area contributed by atoms with E-state index >= 15 is 0 Å². The summed E-state index contributed by atoms with van der Waals surface area (Å²) in [5, 5.41) is 3.65. The van der Waals surface area contributed by atoms with Crippen LogP contribution in [0.15, 0.2) is 47.6 Å². The third-order valence-corrected chi connectivity index (χ3v) is 3.70. The van der Waals surface area contributed by atoms with Crippen LogP contribution in [0.2, 0.25) is 0 Å². The smallest absolute Gasteiger partial charge is 0.241 e. The topological polar surface area (TPSA) is 35.9 Å². The van der Waals surface area contributed by atoms with E-state index in [0.29, 0.717) is 13.1 Å². The van der Waals surface area contributed by atoms with Gasteiger partial charge < -0.3 is 0 Å². The molecule has 1 saturated heterocycles. The van der Waals surface area contributed by atoms with Crippen LogP contribution in [0, 0.1) is 17.3 Å². The molecule has 4 heteroatoms. The molecule has 2 heterocycles. The van der Waals surface area contributed by atoms with E-state index in [1.165, 1.54) is 0 Å². The number of amides is 1. The Morgan fingerprint density at radius 2 is 1.95 bits per heavy atom. The molecule has 22 heavy (non-hydrogen) atoms. The summed E-state index contributed by atoms with van der Waals surface area (Å²) in [7, 11) is 0. The molecule has 0 aliphatic carbocycles. The minimum atomic E-state index is 0.0298. The van der Waals surface area contributed by atoms with Crippen LogP contribution in [0.25, 0.3) is 0 Å². The summed E-state index contributed by atoms with van der Waals surface area (Å²) in [6, 6.07) is 9.83. The zero-order chi connectivity index (χ0) is 15.6. The third kappa shape index (κ3) is 3.20. The Hall–Kier alpha value is -2.54. The second-order valence-electron chi connectivity index (χ2n) is 6.35. The fourth-order valence-electron chi connectivity index (χ4n) is 2.59. The molecular weight excluding hydrogens is 274 g/mol. The second-order valence-corrected chi connectivity index (χ2v) is 6.35. The van der Waals surface area contributed by atoms with E-state index in [2.05, 4.69) is 30.7 Å². The molecule has 4 nitrogen and oxygen atoms in total. The summed E-state index contributed by atoms with van der Waals surface area (Å²) < 4.78 is 0. The minimum absolute atomic E-state index is 0.0298. The predicted octanol–water partition coefficient (Wildman–Crippen LogP) is 2.44. The van der Waals surface area contributed by atoms with Crippen molar-refractivity contribution in [3.63, 3.8) is 0 Å². The Kier molecular flexibility index (Phi) is 3.72. The van der Waals surface area contributed by atoms with Gasteiger partial charge in [-0.05, 0) is 29.5 Å². The van der Waals surface area contributed by atoms with Crippen LogP contribution in [0.4, 0.5) is 0 Å². The van der Waals surface area contributed by atoms with Gasteiger partial charge in [0.05, 0.1) is 0 Å². The highest BCUT2D eigenvalue weighted by molar-refractivity contribution is 6.09. The molecule has 0 spiro atoms. The van der Waals surface area contributed by atoms with Crippen LogP contribution in [-0.4, -0.2) is 34.9 Å². The molecule has 1 amide bonds. The van der Waals surface area contributed by atoms with Crippen molar-refractivity contribution >= 4 is 11.6 Å². The Labute approximate surface area is 131 Å². The zero-order valence-corrected chi connectivity index (χ0v) is 12.9. The van der Waals surface area contributed by atoms with Gasteiger partial charge in [0.15, 0.2) is 0 Å². The fraction of sp³-hybridized carbons (Fsp3) is 0.333. The maximum atomic E-state index is 12.1. The van der Waals surface area contributed by atoms with Gasteiger partial charge in [0.1, 0.15) is 12.4 Å². The molecular formula is C18H19N3O. The summed E-state index contributed by atoms with van der Waals surface area (Å²) in [5.74, 6) is 6.31. The van der Waals surface area contributed by atoms with E-state index in [-0.39, 0.29) is 11.3 Å². The van der Waals surface area contributed by atoms with Crippen LogP contribution < -0.4 is 0 Å². The number of nitrogens with zero attached hydrogens (tertiary/aromatic N) is 3.